The molecule has 2 aliphatic rings. The van der Waals surface area contributed by atoms with Crippen molar-refractivity contribution in [1.82, 2.24) is 0 Å². The molecule has 1 aromatic rings. The minimum atomic E-state index is -0.264. The minimum Gasteiger partial charge on any atom is -0.466 e. The molecule has 1 aliphatic heterocycles. The number of hydrogen-bond donors (Lipinski definition) is 0. The maximum atomic E-state index is 12.0. The van der Waals surface area contributed by atoms with E-state index >= 15 is 0 Å². The van der Waals surface area contributed by atoms with E-state index in [1.807, 2.05) is 37.3 Å². The van der Waals surface area contributed by atoms with Crippen LogP contribution in [0.5, 0.6) is 0 Å². The second kappa shape index (κ2) is 5.31. The highest BCUT2D eigenvalue weighted by Gasteiger charge is 2.61. The van der Waals surface area contributed by atoms with Gasteiger partial charge in [-0.05, 0) is 12.5 Å². The van der Waals surface area contributed by atoms with Crippen LogP contribution >= 0.6 is 0 Å². The van der Waals surface area contributed by atoms with Gasteiger partial charge in [0, 0.05) is 11.8 Å². The Kier molecular flexibility index (Phi) is 3.53. The maximum Gasteiger partial charge on any atom is 0.310 e. The van der Waals surface area contributed by atoms with Gasteiger partial charge in [-0.15, -0.1) is 0 Å². The van der Waals surface area contributed by atoms with Crippen molar-refractivity contribution in [1.29, 1.82) is 0 Å². The molecule has 4 heteroatoms. The molecule has 0 bridgehead atoms. The van der Waals surface area contributed by atoms with Crippen molar-refractivity contribution >= 4 is 5.97 Å². The molecule has 1 saturated carbocycles. The van der Waals surface area contributed by atoms with E-state index in [0.29, 0.717) is 19.8 Å². The van der Waals surface area contributed by atoms with Crippen molar-refractivity contribution in [2.24, 2.45) is 11.8 Å². The third-order valence-electron chi connectivity index (χ3n) is 3.78. The molecule has 1 saturated heterocycles. The van der Waals surface area contributed by atoms with Crippen molar-refractivity contribution in [3.8, 4) is 0 Å². The average Bonchev–Trinajstić information content (AvgIpc) is 2.95. The summed E-state index contributed by atoms with van der Waals surface area (Å²) >= 11 is 0. The predicted octanol–water partition coefficient (Wildman–Crippen LogP) is 1.95. The SMILES string of the molecule is CCOC(=O)C1C(c2ccccc2)C1C1OCCO1. The molecule has 3 unspecified atom stereocenters. The van der Waals surface area contributed by atoms with Crippen LogP contribution in [0.3, 0.4) is 0 Å². The predicted molar refractivity (Wildman–Crippen MR) is 68.5 cm³/mol. The van der Waals surface area contributed by atoms with Gasteiger partial charge in [0.1, 0.15) is 0 Å². The van der Waals surface area contributed by atoms with Gasteiger partial charge in [-0.25, -0.2) is 0 Å². The van der Waals surface area contributed by atoms with E-state index in [4.69, 9.17) is 14.2 Å². The molecule has 1 aromatic carbocycles. The van der Waals surface area contributed by atoms with Gasteiger partial charge in [-0.2, -0.15) is 0 Å². The molecule has 1 heterocycles. The normalized spacial score (nSPS) is 30.3. The topological polar surface area (TPSA) is 44.8 Å². The first-order chi connectivity index (χ1) is 9.33. The summed E-state index contributed by atoms with van der Waals surface area (Å²) in [6.45, 7) is 3.46. The molecule has 102 valence electrons. The average molecular weight is 262 g/mol. The van der Waals surface area contributed by atoms with Gasteiger partial charge in [0.2, 0.25) is 0 Å². The van der Waals surface area contributed by atoms with Crippen molar-refractivity contribution in [2.45, 2.75) is 19.1 Å². The Hall–Kier alpha value is -1.39. The van der Waals surface area contributed by atoms with Crippen molar-refractivity contribution < 1.29 is 19.0 Å². The number of esters is 1. The quantitative estimate of drug-likeness (QED) is 0.778. The summed E-state index contributed by atoms with van der Waals surface area (Å²) in [6, 6.07) is 10.0. The van der Waals surface area contributed by atoms with E-state index in [1.54, 1.807) is 0 Å². The molecule has 0 amide bonds. The van der Waals surface area contributed by atoms with Gasteiger partial charge in [0.05, 0.1) is 25.7 Å². The lowest BCUT2D eigenvalue weighted by Crippen LogP contribution is -2.16. The van der Waals surface area contributed by atoms with Gasteiger partial charge in [0.15, 0.2) is 6.29 Å². The van der Waals surface area contributed by atoms with Crippen LogP contribution in [-0.2, 0) is 19.0 Å². The summed E-state index contributed by atoms with van der Waals surface area (Å²) in [6.07, 6.45) is -0.264. The smallest absolute Gasteiger partial charge is 0.310 e. The molecule has 0 aromatic heterocycles. The highest BCUT2D eigenvalue weighted by Crippen LogP contribution is 2.57. The van der Waals surface area contributed by atoms with E-state index in [9.17, 15) is 4.79 Å². The van der Waals surface area contributed by atoms with Gasteiger partial charge in [-0.1, -0.05) is 30.3 Å². The molecule has 0 spiro atoms. The van der Waals surface area contributed by atoms with Crippen LogP contribution < -0.4 is 0 Å². The molecule has 3 atom stereocenters. The summed E-state index contributed by atoms with van der Waals surface area (Å²) in [5, 5.41) is 0. The fourth-order valence-electron chi connectivity index (χ4n) is 2.92. The third-order valence-corrected chi connectivity index (χ3v) is 3.78. The number of hydrogen-bond acceptors (Lipinski definition) is 4. The zero-order valence-corrected chi connectivity index (χ0v) is 11.0. The molecule has 1 aliphatic carbocycles. The van der Waals surface area contributed by atoms with Crippen LogP contribution in [0.2, 0.25) is 0 Å². The van der Waals surface area contributed by atoms with Crippen LogP contribution in [-0.4, -0.2) is 32.1 Å². The fourth-order valence-corrected chi connectivity index (χ4v) is 2.92. The Morgan fingerprint density at radius 1 is 1.26 bits per heavy atom. The van der Waals surface area contributed by atoms with Gasteiger partial charge in [-0.3, -0.25) is 4.79 Å². The molecule has 3 rings (SSSR count). The van der Waals surface area contributed by atoms with Crippen LogP contribution in [0.1, 0.15) is 18.4 Å². The first-order valence-electron chi connectivity index (χ1n) is 6.77. The van der Waals surface area contributed by atoms with E-state index in [-0.39, 0.29) is 30.0 Å². The minimum absolute atomic E-state index is 0.0870. The number of ether oxygens (including phenoxy) is 3. The molecule has 0 radical (unpaired) electrons. The van der Waals surface area contributed by atoms with Crippen molar-refractivity contribution in [3.63, 3.8) is 0 Å². The number of carbonyl (C=O) groups is 1. The van der Waals surface area contributed by atoms with E-state index < -0.39 is 0 Å². The van der Waals surface area contributed by atoms with Crippen LogP contribution in [0.25, 0.3) is 0 Å². The first-order valence-corrected chi connectivity index (χ1v) is 6.77. The van der Waals surface area contributed by atoms with Crippen molar-refractivity contribution in [2.75, 3.05) is 19.8 Å². The Balaban J connectivity index is 1.78. The Bertz CT molecular complexity index is 439. The molecule has 0 N–H and O–H groups in total. The largest absolute Gasteiger partial charge is 0.466 e. The Morgan fingerprint density at radius 3 is 2.58 bits per heavy atom. The van der Waals surface area contributed by atoms with Crippen molar-refractivity contribution in [3.05, 3.63) is 35.9 Å². The van der Waals surface area contributed by atoms with E-state index in [1.165, 1.54) is 0 Å². The zero-order valence-electron chi connectivity index (χ0n) is 11.0. The summed E-state index contributed by atoms with van der Waals surface area (Å²) in [5.74, 6) is -0.0294. The maximum absolute atomic E-state index is 12.0. The fraction of sp³-hybridized carbons (Fsp3) is 0.533. The lowest BCUT2D eigenvalue weighted by atomic mass is 10.1. The standard InChI is InChI=1S/C15H18O4/c1-2-17-14(16)12-11(10-6-4-3-5-7-10)13(12)15-18-8-9-19-15/h3-7,11-13,15H,2,8-9H2,1H3. The van der Waals surface area contributed by atoms with Crippen LogP contribution in [0, 0.1) is 11.8 Å². The molecule has 4 nitrogen and oxygen atoms in total. The monoisotopic (exact) mass is 262 g/mol. The third kappa shape index (κ3) is 2.38. The van der Waals surface area contributed by atoms with E-state index in [2.05, 4.69) is 0 Å². The highest BCUT2D eigenvalue weighted by molar-refractivity contribution is 5.78. The summed E-state index contributed by atoms with van der Waals surface area (Å²) < 4.78 is 16.3. The summed E-state index contributed by atoms with van der Waals surface area (Å²) in [4.78, 5) is 12.0. The lowest BCUT2D eigenvalue weighted by molar-refractivity contribution is -0.147. The second-order valence-corrected chi connectivity index (χ2v) is 4.90. The number of carbonyl (C=O) groups excluding carboxylic acids is 1. The molecule has 2 fully saturated rings. The van der Waals surface area contributed by atoms with Gasteiger partial charge < -0.3 is 14.2 Å². The highest BCUT2D eigenvalue weighted by atomic mass is 16.7. The van der Waals surface area contributed by atoms with Gasteiger partial charge in [0.25, 0.3) is 0 Å². The summed E-state index contributed by atoms with van der Waals surface area (Å²) in [7, 11) is 0. The molecular formula is C15H18O4. The Labute approximate surface area is 112 Å². The number of rotatable bonds is 4. The second-order valence-electron chi connectivity index (χ2n) is 4.90. The van der Waals surface area contributed by atoms with Gasteiger partial charge >= 0.3 is 5.97 Å². The summed E-state index contributed by atoms with van der Waals surface area (Å²) in [5.41, 5.74) is 1.16. The number of benzene rings is 1. The van der Waals surface area contributed by atoms with Crippen LogP contribution in [0.4, 0.5) is 0 Å². The molecule has 19 heavy (non-hydrogen) atoms. The van der Waals surface area contributed by atoms with E-state index in [0.717, 1.165) is 5.56 Å². The van der Waals surface area contributed by atoms with Crippen LogP contribution in [0.15, 0.2) is 30.3 Å². The Morgan fingerprint density at radius 2 is 1.95 bits per heavy atom. The zero-order chi connectivity index (χ0) is 13.2. The lowest BCUT2D eigenvalue weighted by Gasteiger charge is -2.08. The first kappa shape index (κ1) is 12.6. The molecular weight excluding hydrogens is 244 g/mol.